The van der Waals surface area contributed by atoms with Crippen LogP contribution >= 0.6 is 0 Å². The van der Waals surface area contributed by atoms with Crippen LogP contribution in [0.3, 0.4) is 0 Å². The number of methoxy groups -OCH3 is 1. The number of ether oxygens (including phenoxy) is 1. The second-order valence-electron chi connectivity index (χ2n) is 3.38. The van der Waals surface area contributed by atoms with Gasteiger partial charge in [-0.05, 0) is 32.3 Å². The van der Waals surface area contributed by atoms with E-state index in [9.17, 15) is 0 Å². The van der Waals surface area contributed by atoms with Gasteiger partial charge >= 0.3 is 0 Å². The fraction of sp³-hybridized carbons (Fsp3) is 0.500. The van der Waals surface area contributed by atoms with Gasteiger partial charge in [-0.3, -0.25) is 0 Å². The van der Waals surface area contributed by atoms with Crippen molar-refractivity contribution in [3.8, 4) is 0 Å². The Balaban J connectivity index is 3.55. The molecule has 0 amide bonds. The van der Waals surface area contributed by atoms with Crippen LogP contribution < -0.4 is 5.73 Å². The third kappa shape index (κ3) is 9.07. The Morgan fingerprint density at radius 2 is 2.14 bits per heavy atom. The van der Waals surface area contributed by atoms with Crippen LogP contribution in [0.5, 0.6) is 0 Å². The number of hydrogen-bond acceptors (Lipinski definition) is 2. The Kier molecular flexibility index (Phi) is 7.95. The lowest BCUT2D eigenvalue weighted by molar-refractivity contribution is 0.193. The Labute approximate surface area is 87.1 Å². The summed E-state index contributed by atoms with van der Waals surface area (Å²) in [5.41, 5.74) is 7.43. The SMILES string of the molecule is C=C(/C=C\C=C(\C)N)CCCCOC. The number of rotatable bonds is 7. The first kappa shape index (κ1) is 13.0. The van der Waals surface area contributed by atoms with Gasteiger partial charge in [0.05, 0.1) is 0 Å². The van der Waals surface area contributed by atoms with Crippen molar-refractivity contribution < 1.29 is 4.74 Å². The minimum absolute atomic E-state index is 0.813. The summed E-state index contributed by atoms with van der Waals surface area (Å²) >= 11 is 0. The molecule has 0 fully saturated rings. The molecular weight excluding hydrogens is 174 g/mol. The van der Waals surface area contributed by atoms with E-state index in [2.05, 4.69) is 6.58 Å². The number of nitrogens with two attached hydrogens (primary N) is 1. The molecule has 0 aliphatic carbocycles. The van der Waals surface area contributed by atoms with Crippen molar-refractivity contribution in [2.45, 2.75) is 26.2 Å². The smallest absolute Gasteiger partial charge is 0.0462 e. The fourth-order valence-corrected chi connectivity index (χ4v) is 1.02. The van der Waals surface area contributed by atoms with Crippen molar-refractivity contribution in [2.24, 2.45) is 5.73 Å². The first-order valence-corrected chi connectivity index (χ1v) is 4.94. The highest BCUT2D eigenvalue weighted by Gasteiger charge is 1.89. The van der Waals surface area contributed by atoms with Gasteiger partial charge in [0.2, 0.25) is 0 Å². The minimum Gasteiger partial charge on any atom is -0.402 e. The molecule has 0 spiro atoms. The van der Waals surface area contributed by atoms with Gasteiger partial charge in [-0.25, -0.2) is 0 Å². The second-order valence-corrected chi connectivity index (χ2v) is 3.38. The van der Waals surface area contributed by atoms with Gasteiger partial charge in [-0.15, -0.1) is 0 Å². The van der Waals surface area contributed by atoms with Crippen LogP contribution in [0.1, 0.15) is 26.2 Å². The van der Waals surface area contributed by atoms with E-state index in [0.29, 0.717) is 0 Å². The number of allylic oxidation sites excluding steroid dienone is 5. The van der Waals surface area contributed by atoms with Crippen LogP contribution in [0.4, 0.5) is 0 Å². The summed E-state index contributed by atoms with van der Waals surface area (Å²) in [5.74, 6) is 0. The molecule has 2 nitrogen and oxygen atoms in total. The molecule has 0 bridgehead atoms. The summed E-state index contributed by atoms with van der Waals surface area (Å²) in [5, 5.41) is 0. The Bertz CT molecular complexity index is 212. The molecule has 0 heterocycles. The van der Waals surface area contributed by atoms with Crippen molar-refractivity contribution in [3.05, 3.63) is 36.1 Å². The molecule has 14 heavy (non-hydrogen) atoms. The van der Waals surface area contributed by atoms with Gasteiger partial charge in [-0.2, -0.15) is 0 Å². The summed E-state index contributed by atoms with van der Waals surface area (Å²) in [6.07, 6.45) is 9.06. The molecule has 0 rings (SSSR count). The summed E-state index contributed by atoms with van der Waals surface area (Å²) in [6, 6.07) is 0. The highest BCUT2D eigenvalue weighted by Crippen LogP contribution is 2.06. The summed E-state index contributed by atoms with van der Waals surface area (Å²) in [4.78, 5) is 0. The molecule has 2 heteroatoms. The molecule has 0 unspecified atom stereocenters. The molecule has 0 radical (unpaired) electrons. The van der Waals surface area contributed by atoms with E-state index < -0.39 is 0 Å². The average molecular weight is 195 g/mol. The Morgan fingerprint density at radius 3 is 2.71 bits per heavy atom. The summed E-state index contributed by atoms with van der Waals surface area (Å²) in [7, 11) is 1.73. The van der Waals surface area contributed by atoms with Gasteiger partial charge in [0, 0.05) is 19.4 Å². The number of hydrogen-bond donors (Lipinski definition) is 1. The lowest BCUT2D eigenvalue weighted by Crippen LogP contribution is -1.89. The van der Waals surface area contributed by atoms with Crippen molar-refractivity contribution in [3.63, 3.8) is 0 Å². The molecule has 0 aromatic rings. The van der Waals surface area contributed by atoms with Gasteiger partial charge in [0.25, 0.3) is 0 Å². The van der Waals surface area contributed by atoms with Crippen LogP contribution in [0, 0.1) is 0 Å². The van der Waals surface area contributed by atoms with E-state index in [1.54, 1.807) is 7.11 Å². The van der Waals surface area contributed by atoms with Gasteiger partial charge in [0.15, 0.2) is 0 Å². The maximum absolute atomic E-state index is 5.48. The van der Waals surface area contributed by atoms with Crippen molar-refractivity contribution in [2.75, 3.05) is 13.7 Å². The van der Waals surface area contributed by atoms with Crippen molar-refractivity contribution in [1.82, 2.24) is 0 Å². The molecular formula is C12H21NO. The second kappa shape index (κ2) is 8.57. The van der Waals surface area contributed by atoms with Gasteiger partial charge in [-0.1, -0.05) is 24.3 Å². The van der Waals surface area contributed by atoms with E-state index in [-0.39, 0.29) is 0 Å². The third-order valence-corrected chi connectivity index (χ3v) is 1.79. The van der Waals surface area contributed by atoms with Gasteiger partial charge in [0.1, 0.15) is 0 Å². The van der Waals surface area contributed by atoms with E-state index in [1.165, 1.54) is 0 Å². The first-order valence-electron chi connectivity index (χ1n) is 4.94. The van der Waals surface area contributed by atoms with Crippen LogP contribution in [-0.4, -0.2) is 13.7 Å². The molecule has 2 N–H and O–H groups in total. The van der Waals surface area contributed by atoms with E-state index in [1.807, 2.05) is 25.2 Å². The molecule has 0 aliphatic heterocycles. The van der Waals surface area contributed by atoms with Crippen molar-refractivity contribution in [1.29, 1.82) is 0 Å². The Hall–Kier alpha value is -1.02. The van der Waals surface area contributed by atoms with E-state index in [4.69, 9.17) is 10.5 Å². The normalized spacial score (nSPS) is 12.3. The zero-order valence-electron chi connectivity index (χ0n) is 9.25. The monoisotopic (exact) mass is 195 g/mol. The molecule has 0 saturated carbocycles. The minimum atomic E-state index is 0.813. The zero-order valence-corrected chi connectivity index (χ0v) is 9.25. The van der Waals surface area contributed by atoms with Crippen LogP contribution in [0.15, 0.2) is 36.1 Å². The summed E-state index contributed by atoms with van der Waals surface area (Å²) in [6.45, 7) is 6.65. The van der Waals surface area contributed by atoms with Crippen LogP contribution in [0.2, 0.25) is 0 Å². The van der Waals surface area contributed by atoms with E-state index in [0.717, 1.165) is 37.1 Å². The quantitative estimate of drug-likeness (QED) is 0.501. The first-order chi connectivity index (χ1) is 6.66. The van der Waals surface area contributed by atoms with Crippen LogP contribution in [-0.2, 0) is 4.74 Å². The summed E-state index contributed by atoms with van der Waals surface area (Å²) < 4.78 is 4.96. The molecule has 0 saturated heterocycles. The van der Waals surface area contributed by atoms with E-state index >= 15 is 0 Å². The maximum atomic E-state index is 5.48. The fourth-order valence-electron chi connectivity index (χ4n) is 1.02. The average Bonchev–Trinajstić information content (AvgIpc) is 2.12. The predicted molar refractivity (Wildman–Crippen MR) is 62.0 cm³/mol. The van der Waals surface area contributed by atoms with Crippen molar-refractivity contribution >= 4 is 0 Å². The molecule has 0 aromatic heterocycles. The standard InChI is InChI=1S/C12H21NO/c1-11(7-4-5-10-14-3)8-6-9-12(2)13/h6,8-9H,1,4-5,7,10,13H2,2-3H3/b8-6-,12-9-. The zero-order chi connectivity index (χ0) is 10.8. The number of unbranched alkanes of at least 4 members (excludes halogenated alkanes) is 1. The predicted octanol–water partition coefficient (Wildman–Crippen LogP) is 2.78. The topological polar surface area (TPSA) is 35.2 Å². The lowest BCUT2D eigenvalue weighted by atomic mass is 10.1. The maximum Gasteiger partial charge on any atom is 0.0462 e. The molecule has 0 atom stereocenters. The molecule has 80 valence electrons. The Morgan fingerprint density at radius 1 is 1.43 bits per heavy atom. The molecule has 0 aliphatic rings. The largest absolute Gasteiger partial charge is 0.402 e. The molecule has 0 aromatic carbocycles. The van der Waals surface area contributed by atoms with Crippen LogP contribution in [0.25, 0.3) is 0 Å². The van der Waals surface area contributed by atoms with Gasteiger partial charge < -0.3 is 10.5 Å². The highest BCUT2D eigenvalue weighted by atomic mass is 16.5. The highest BCUT2D eigenvalue weighted by molar-refractivity contribution is 5.20. The lowest BCUT2D eigenvalue weighted by Gasteiger charge is -1.99. The third-order valence-electron chi connectivity index (χ3n) is 1.79.